The van der Waals surface area contributed by atoms with Gasteiger partial charge in [0, 0.05) is 23.2 Å². The van der Waals surface area contributed by atoms with Crippen molar-refractivity contribution in [3.8, 4) is 0 Å². The molecule has 114 valence electrons. The molecule has 1 amide bonds. The van der Waals surface area contributed by atoms with Gasteiger partial charge in [0.2, 0.25) is 0 Å². The molecule has 1 aliphatic heterocycles. The average molecular weight is 316 g/mol. The Morgan fingerprint density at radius 2 is 2.23 bits per heavy atom. The molecule has 1 atom stereocenters. The average Bonchev–Trinajstić information content (AvgIpc) is 3.03. The zero-order valence-corrected chi connectivity index (χ0v) is 13.2. The van der Waals surface area contributed by atoms with Crippen molar-refractivity contribution in [2.24, 2.45) is 0 Å². The Labute approximate surface area is 132 Å². The minimum atomic E-state index is -0.540. The number of amides is 1. The molecule has 0 saturated carbocycles. The summed E-state index contributed by atoms with van der Waals surface area (Å²) in [5, 5.41) is 2.07. The van der Waals surface area contributed by atoms with Crippen LogP contribution < -0.4 is 0 Å². The van der Waals surface area contributed by atoms with Crippen molar-refractivity contribution in [3.63, 3.8) is 0 Å². The predicted octanol–water partition coefficient (Wildman–Crippen LogP) is 2.69. The lowest BCUT2D eigenvalue weighted by atomic mass is 10.0. The molecule has 2 aromatic heterocycles. The van der Waals surface area contributed by atoms with Crippen molar-refractivity contribution in [3.05, 3.63) is 51.5 Å². The van der Waals surface area contributed by atoms with Crippen molar-refractivity contribution in [2.75, 3.05) is 13.7 Å². The number of carbonyl (C=O) groups is 2. The first-order valence-corrected chi connectivity index (χ1v) is 7.91. The van der Waals surface area contributed by atoms with Crippen LogP contribution >= 0.6 is 11.3 Å². The van der Waals surface area contributed by atoms with E-state index in [1.165, 1.54) is 29.8 Å². The Bertz CT molecular complexity index is 726. The zero-order valence-electron chi connectivity index (χ0n) is 12.4. The molecular weight excluding hydrogens is 300 g/mol. The second-order valence-electron chi connectivity index (χ2n) is 5.14. The van der Waals surface area contributed by atoms with Crippen molar-refractivity contribution in [2.45, 2.75) is 19.4 Å². The molecule has 0 aliphatic carbocycles. The lowest BCUT2D eigenvalue weighted by Crippen LogP contribution is -2.38. The Morgan fingerprint density at radius 1 is 1.41 bits per heavy atom. The Balaban J connectivity index is 1.87. The second kappa shape index (κ2) is 5.88. The van der Waals surface area contributed by atoms with E-state index < -0.39 is 5.97 Å². The predicted molar refractivity (Wildman–Crippen MR) is 83.1 cm³/mol. The summed E-state index contributed by atoms with van der Waals surface area (Å²) in [7, 11) is 1.29. The second-order valence-corrected chi connectivity index (χ2v) is 6.15. The summed E-state index contributed by atoms with van der Waals surface area (Å²) in [5.74, 6) is -0.627. The van der Waals surface area contributed by atoms with E-state index in [9.17, 15) is 9.59 Å². The molecule has 22 heavy (non-hydrogen) atoms. The van der Waals surface area contributed by atoms with Gasteiger partial charge in [-0.1, -0.05) is 0 Å². The minimum Gasteiger partial charge on any atom is -0.464 e. The van der Waals surface area contributed by atoms with Gasteiger partial charge in [-0.3, -0.25) is 4.79 Å². The number of methoxy groups -OCH3 is 1. The number of nitrogens with zero attached hydrogens (tertiary/aromatic N) is 2. The van der Waals surface area contributed by atoms with E-state index in [1.54, 1.807) is 17.4 Å². The Kier molecular flexibility index (Phi) is 3.94. The number of hydrogen-bond acceptors (Lipinski definition) is 5. The van der Waals surface area contributed by atoms with Crippen LogP contribution in [0.15, 0.2) is 29.8 Å². The van der Waals surface area contributed by atoms with Crippen molar-refractivity contribution in [1.29, 1.82) is 0 Å². The summed E-state index contributed by atoms with van der Waals surface area (Å²) in [6, 6.07) is 5.24. The quantitative estimate of drug-likeness (QED) is 0.799. The summed E-state index contributed by atoms with van der Waals surface area (Å²) < 4.78 is 4.65. The van der Waals surface area contributed by atoms with Crippen LogP contribution in [0.2, 0.25) is 0 Å². The van der Waals surface area contributed by atoms with Gasteiger partial charge in [0.25, 0.3) is 5.91 Å². The smallest absolute Gasteiger partial charge is 0.356 e. The number of thiophene rings is 1. The maximum Gasteiger partial charge on any atom is 0.356 e. The van der Waals surface area contributed by atoms with Gasteiger partial charge < -0.3 is 9.64 Å². The number of fused-ring (bicyclic) bond motifs is 1. The van der Waals surface area contributed by atoms with Crippen LogP contribution in [0.3, 0.4) is 0 Å². The molecule has 0 bridgehead atoms. The van der Waals surface area contributed by atoms with Gasteiger partial charge >= 0.3 is 5.97 Å². The molecule has 3 rings (SSSR count). The summed E-state index contributed by atoms with van der Waals surface area (Å²) >= 11 is 1.74. The van der Waals surface area contributed by atoms with Crippen LogP contribution in [-0.2, 0) is 11.2 Å². The highest BCUT2D eigenvalue weighted by Gasteiger charge is 2.29. The largest absolute Gasteiger partial charge is 0.464 e. The van der Waals surface area contributed by atoms with Gasteiger partial charge in [0.15, 0.2) is 0 Å². The molecule has 0 spiro atoms. The molecule has 5 nitrogen and oxygen atoms in total. The molecule has 2 aromatic rings. The number of carbonyl (C=O) groups excluding carboxylic acids is 2. The number of aromatic nitrogens is 1. The fourth-order valence-electron chi connectivity index (χ4n) is 2.73. The lowest BCUT2D eigenvalue weighted by Gasteiger charge is -2.33. The van der Waals surface area contributed by atoms with Crippen molar-refractivity contribution < 1.29 is 14.3 Å². The van der Waals surface area contributed by atoms with Crippen LogP contribution in [0, 0.1) is 0 Å². The van der Waals surface area contributed by atoms with Gasteiger partial charge in [0.05, 0.1) is 13.2 Å². The van der Waals surface area contributed by atoms with Gasteiger partial charge in [-0.15, -0.1) is 11.3 Å². The topological polar surface area (TPSA) is 59.5 Å². The van der Waals surface area contributed by atoms with E-state index in [2.05, 4.69) is 21.2 Å². The fourth-order valence-corrected chi connectivity index (χ4v) is 3.70. The third-order valence-corrected chi connectivity index (χ3v) is 4.94. The molecule has 0 aromatic carbocycles. The van der Waals surface area contributed by atoms with E-state index in [4.69, 9.17) is 0 Å². The molecule has 0 radical (unpaired) electrons. The zero-order chi connectivity index (χ0) is 15.7. The maximum atomic E-state index is 12.8. The molecule has 0 N–H and O–H groups in total. The maximum absolute atomic E-state index is 12.8. The minimum absolute atomic E-state index is 0.0391. The standard InChI is InChI=1S/C16H16N2O3S/c1-10-12-5-8-22-14(12)4-7-18(10)15(19)11-3-6-17-13(9-11)16(20)21-2/h3,5-6,8-10H,4,7H2,1-2H3/t10-/m0/s1. The molecule has 3 heterocycles. The first-order valence-electron chi connectivity index (χ1n) is 7.03. The molecule has 0 unspecified atom stereocenters. The lowest BCUT2D eigenvalue weighted by molar-refractivity contribution is 0.0594. The van der Waals surface area contributed by atoms with Gasteiger partial charge in [-0.05, 0) is 42.5 Å². The third-order valence-electron chi connectivity index (χ3n) is 3.94. The van der Waals surface area contributed by atoms with Crippen molar-refractivity contribution >= 4 is 23.2 Å². The van der Waals surface area contributed by atoms with Crippen LogP contribution in [0.1, 0.15) is 44.3 Å². The van der Waals surface area contributed by atoms with E-state index >= 15 is 0 Å². The monoisotopic (exact) mass is 316 g/mol. The highest BCUT2D eigenvalue weighted by atomic mass is 32.1. The first-order chi connectivity index (χ1) is 10.6. The van der Waals surface area contributed by atoms with Gasteiger partial charge in [-0.25, -0.2) is 9.78 Å². The Hall–Kier alpha value is -2.21. The summed E-state index contributed by atoms with van der Waals surface area (Å²) in [6.45, 7) is 2.72. The summed E-state index contributed by atoms with van der Waals surface area (Å²) in [6.07, 6.45) is 2.34. The molecule has 0 saturated heterocycles. The Morgan fingerprint density at radius 3 is 3.00 bits per heavy atom. The van der Waals surface area contributed by atoms with Crippen molar-refractivity contribution in [1.82, 2.24) is 9.88 Å². The molecule has 0 fully saturated rings. The highest BCUT2D eigenvalue weighted by Crippen LogP contribution is 2.33. The normalized spacial score (nSPS) is 17.0. The van der Waals surface area contributed by atoms with E-state index in [-0.39, 0.29) is 17.6 Å². The van der Waals surface area contributed by atoms with Crippen LogP contribution in [-0.4, -0.2) is 35.4 Å². The fraction of sp³-hybridized carbons (Fsp3) is 0.312. The summed E-state index contributed by atoms with van der Waals surface area (Å²) in [5.41, 5.74) is 1.82. The van der Waals surface area contributed by atoms with Crippen LogP contribution in [0.5, 0.6) is 0 Å². The number of esters is 1. The van der Waals surface area contributed by atoms with Gasteiger partial charge in [0.1, 0.15) is 5.69 Å². The number of pyridine rings is 1. The van der Waals surface area contributed by atoms with Crippen LogP contribution in [0.4, 0.5) is 0 Å². The molecular formula is C16H16N2O3S. The molecule has 6 heteroatoms. The van der Waals surface area contributed by atoms with E-state index in [1.807, 2.05) is 11.8 Å². The van der Waals surface area contributed by atoms with Gasteiger partial charge in [-0.2, -0.15) is 0 Å². The highest BCUT2D eigenvalue weighted by molar-refractivity contribution is 7.10. The number of ether oxygens (including phenoxy) is 1. The number of hydrogen-bond donors (Lipinski definition) is 0. The van der Waals surface area contributed by atoms with Crippen LogP contribution in [0.25, 0.3) is 0 Å². The third kappa shape index (κ3) is 2.50. The number of rotatable bonds is 2. The SMILES string of the molecule is COC(=O)c1cc(C(=O)N2CCc3sccc3[C@@H]2C)ccn1. The van der Waals surface area contributed by atoms with E-state index in [0.717, 1.165) is 6.42 Å². The van der Waals surface area contributed by atoms with E-state index in [0.29, 0.717) is 12.1 Å². The molecule has 1 aliphatic rings. The first kappa shape index (κ1) is 14.7. The summed E-state index contributed by atoms with van der Waals surface area (Å²) in [4.78, 5) is 31.4.